The van der Waals surface area contributed by atoms with Crippen LogP contribution in [-0.4, -0.2) is 23.9 Å². The van der Waals surface area contributed by atoms with Crippen molar-refractivity contribution < 1.29 is 23.5 Å². The standard InChI is InChI=1S/C23H19FN2O4S/c1-14(22(27)25-18-9-10-20-21(12-18)30-13-29-20)31-19-4-2-3-17(11-19)26-23(28)15-5-7-16(24)8-6-15/h2-12,14H,13H2,1H3,(H,25,27)(H,26,28). The highest BCUT2D eigenvalue weighted by Gasteiger charge is 2.18. The van der Waals surface area contributed by atoms with Gasteiger partial charge in [0.1, 0.15) is 5.82 Å². The maximum Gasteiger partial charge on any atom is 0.255 e. The first kappa shape index (κ1) is 20.7. The summed E-state index contributed by atoms with van der Waals surface area (Å²) in [6, 6.07) is 17.8. The van der Waals surface area contributed by atoms with Gasteiger partial charge in [-0.15, -0.1) is 11.8 Å². The van der Waals surface area contributed by atoms with Crippen molar-refractivity contribution in [1.82, 2.24) is 0 Å². The third-order valence-electron chi connectivity index (χ3n) is 4.52. The molecule has 2 N–H and O–H groups in total. The van der Waals surface area contributed by atoms with E-state index in [1.165, 1.54) is 36.0 Å². The van der Waals surface area contributed by atoms with E-state index in [1.807, 2.05) is 6.07 Å². The van der Waals surface area contributed by atoms with Gasteiger partial charge in [-0.2, -0.15) is 0 Å². The number of carbonyl (C=O) groups is 2. The van der Waals surface area contributed by atoms with Gasteiger partial charge in [0, 0.05) is 27.9 Å². The Kier molecular flexibility index (Phi) is 6.08. The van der Waals surface area contributed by atoms with E-state index in [0.29, 0.717) is 28.4 Å². The summed E-state index contributed by atoms with van der Waals surface area (Å²) in [7, 11) is 0. The van der Waals surface area contributed by atoms with Gasteiger partial charge in [-0.05, 0) is 61.5 Å². The summed E-state index contributed by atoms with van der Waals surface area (Å²) in [4.78, 5) is 25.7. The number of hydrogen-bond acceptors (Lipinski definition) is 5. The summed E-state index contributed by atoms with van der Waals surface area (Å²) in [6.07, 6.45) is 0. The summed E-state index contributed by atoms with van der Waals surface area (Å²) in [5, 5.41) is 5.27. The first-order valence-electron chi connectivity index (χ1n) is 9.52. The monoisotopic (exact) mass is 438 g/mol. The number of fused-ring (bicyclic) bond motifs is 1. The second kappa shape index (κ2) is 9.09. The molecule has 0 aliphatic carbocycles. The molecule has 8 heteroatoms. The number of ether oxygens (including phenoxy) is 2. The van der Waals surface area contributed by atoms with Crippen LogP contribution in [0, 0.1) is 5.82 Å². The Hall–Kier alpha value is -3.52. The summed E-state index contributed by atoms with van der Waals surface area (Å²) in [5.74, 6) is 0.353. The van der Waals surface area contributed by atoms with Crippen LogP contribution in [0.5, 0.6) is 11.5 Å². The van der Waals surface area contributed by atoms with Crippen LogP contribution >= 0.6 is 11.8 Å². The van der Waals surface area contributed by atoms with Crippen molar-refractivity contribution in [1.29, 1.82) is 0 Å². The fourth-order valence-electron chi connectivity index (χ4n) is 2.93. The quantitative estimate of drug-likeness (QED) is 0.534. The number of anilines is 2. The van der Waals surface area contributed by atoms with Crippen LogP contribution in [0.4, 0.5) is 15.8 Å². The highest BCUT2D eigenvalue weighted by Crippen LogP contribution is 2.34. The summed E-state index contributed by atoms with van der Waals surface area (Å²) < 4.78 is 23.6. The molecule has 1 aliphatic heterocycles. The van der Waals surface area contributed by atoms with Gasteiger partial charge in [-0.25, -0.2) is 4.39 Å². The minimum Gasteiger partial charge on any atom is -0.454 e. The second-order valence-electron chi connectivity index (χ2n) is 6.81. The van der Waals surface area contributed by atoms with E-state index in [2.05, 4.69) is 10.6 Å². The van der Waals surface area contributed by atoms with Crippen molar-refractivity contribution >= 4 is 35.0 Å². The van der Waals surface area contributed by atoms with Crippen molar-refractivity contribution in [2.24, 2.45) is 0 Å². The molecule has 158 valence electrons. The number of carbonyl (C=O) groups excluding carboxylic acids is 2. The van der Waals surface area contributed by atoms with E-state index in [9.17, 15) is 14.0 Å². The van der Waals surface area contributed by atoms with Crippen LogP contribution in [0.15, 0.2) is 71.6 Å². The van der Waals surface area contributed by atoms with E-state index < -0.39 is 5.82 Å². The van der Waals surface area contributed by atoms with Gasteiger partial charge in [0.05, 0.1) is 5.25 Å². The average molecular weight is 438 g/mol. The Bertz CT molecular complexity index is 1120. The van der Waals surface area contributed by atoms with Gasteiger partial charge >= 0.3 is 0 Å². The molecule has 0 fully saturated rings. The van der Waals surface area contributed by atoms with E-state index in [-0.39, 0.29) is 23.9 Å². The smallest absolute Gasteiger partial charge is 0.255 e. The number of hydrogen-bond donors (Lipinski definition) is 2. The molecular weight excluding hydrogens is 419 g/mol. The van der Waals surface area contributed by atoms with Crippen LogP contribution in [0.25, 0.3) is 0 Å². The van der Waals surface area contributed by atoms with Crippen molar-refractivity contribution in [2.45, 2.75) is 17.1 Å². The molecule has 1 atom stereocenters. The normalized spacial score (nSPS) is 12.8. The van der Waals surface area contributed by atoms with Crippen LogP contribution < -0.4 is 20.1 Å². The zero-order valence-electron chi connectivity index (χ0n) is 16.6. The van der Waals surface area contributed by atoms with Crippen molar-refractivity contribution in [3.8, 4) is 11.5 Å². The molecule has 1 aliphatic rings. The van der Waals surface area contributed by atoms with Crippen molar-refractivity contribution in [2.75, 3.05) is 17.4 Å². The molecule has 3 aromatic rings. The third-order valence-corrected chi connectivity index (χ3v) is 5.61. The Morgan fingerprint density at radius 2 is 1.68 bits per heavy atom. The summed E-state index contributed by atoms with van der Waals surface area (Å²) >= 11 is 1.37. The number of amides is 2. The molecule has 6 nitrogen and oxygen atoms in total. The molecule has 0 bridgehead atoms. The van der Waals surface area contributed by atoms with Gasteiger partial charge in [-0.3, -0.25) is 9.59 Å². The van der Waals surface area contributed by atoms with Gasteiger partial charge in [-0.1, -0.05) is 6.07 Å². The Morgan fingerprint density at radius 3 is 2.48 bits per heavy atom. The molecule has 1 unspecified atom stereocenters. The molecule has 0 radical (unpaired) electrons. The molecule has 1 heterocycles. The van der Waals surface area contributed by atoms with Gasteiger partial charge in [0.15, 0.2) is 11.5 Å². The van der Waals surface area contributed by atoms with Gasteiger partial charge in [0.2, 0.25) is 12.7 Å². The Labute approximate surface area is 182 Å². The van der Waals surface area contributed by atoms with Crippen LogP contribution in [-0.2, 0) is 4.79 Å². The fourth-order valence-corrected chi connectivity index (χ4v) is 3.85. The number of thioether (sulfide) groups is 1. The van der Waals surface area contributed by atoms with E-state index >= 15 is 0 Å². The number of halogens is 1. The highest BCUT2D eigenvalue weighted by atomic mass is 32.2. The third kappa shape index (κ3) is 5.16. The summed E-state index contributed by atoms with van der Waals surface area (Å²) in [5.41, 5.74) is 1.57. The maximum atomic E-state index is 13.0. The molecular formula is C23H19FN2O4S. The molecule has 0 aromatic heterocycles. The molecule has 2 amide bonds. The maximum absolute atomic E-state index is 13.0. The first-order valence-corrected chi connectivity index (χ1v) is 10.4. The van der Waals surface area contributed by atoms with E-state index in [4.69, 9.17) is 9.47 Å². The minimum atomic E-state index is -0.400. The van der Waals surface area contributed by atoms with Crippen molar-refractivity contribution in [3.05, 3.63) is 78.1 Å². The molecule has 31 heavy (non-hydrogen) atoms. The summed E-state index contributed by atoms with van der Waals surface area (Å²) in [6.45, 7) is 1.98. The molecule has 3 aromatic carbocycles. The largest absolute Gasteiger partial charge is 0.454 e. The van der Waals surface area contributed by atoms with Crippen LogP contribution in [0.3, 0.4) is 0 Å². The fraction of sp³-hybridized carbons (Fsp3) is 0.130. The SMILES string of the molecule is CC(Sc1cccc(NC(=O)c2ccc(F)cc2)c1)C(=O)Nc1ccc2c(c1)OCO2. The number of rotatable bonds is 6. The molecule has 0 saturated heterocycles. The number of benzene rings is 3. The van der Waals surface area contributed by atoms with E-state index in [1.54, 1.807) is 43.3 Å². The molecule has 0 spiro atoms. The number of nitrogens with one attached hydrogen (secondary N) is 2. The van der Waals surface area contributed by atoms with Crippen LogP contribution in [0.1, 0.15) is 17.3 Å². The van der Waals surface area contributed by atoms with Gasteiger partial charge < -0.3 is 20.1 Å². The van der Waals surface area contributed by atoms with Crippen LogP contribution in [0.2, 0.25) is 0 Å². The lowest BCUT2D eigenvalue weighted by Crippen LogP contribution is -2.22. The topological polar surface area (TPSA) is 76.7 Å². The molecule has 4 rings (SSSR count). The van der Waals surface area contributed by atoms with Gasteiger partial charge in [0.25, 0.3) is 5.91 Å². The lowest BCUT2D eigenvalue weighted by atomic mass is 10.2. The lowest BCUT2D eigenvalue weighted by molar-refractivity contribution is -0.115. The average Bonchev–Trinajstić information content (AvgIpc) is 3.22. The Morgan fingerprint density at radius 1 is 0.935 bits per heavy atom. The van der Waals surface area contributed by atoms with Crippen molar-refractivity contribution in [3.63, 3.8) is 0 Å². The predicted octanol–water partition coefficient (Wildman–Crippen LogP) is 4.93. The Balaban J connectivity index is 1.37. The predicted molar refractivity (Wildman–Crippen MR) is 117 cm³/mol. The first-order chi connectivity index (χ1) is 15.0. The molecule has 0 saturated carbocycles. The lowest BCUT2D eigenvalue weighted by Gasteiger charge is -2.13. The highest BCUT2D eigenvalue weighted by molar-refractivity contribution is 8.00. The minimum absolute atomic E-state index is 0.162. The second-order valence-corrected chi connectivity index (χ2v) is 8.22. The zero-order chi connectivity index (χ0) is 21.8. The van der Waals surface area contributed by atoms with E-state index in [0.717, 1.165) is 4.90 Å². The zero-order valence-corrected chi connectivity index (χ0v) is 17.4.